The van der Waals surface area contributed by atoms with E-state index in [2.05, 4.69) is 13.8 Å². The lowest BCUT2D eigenvalue weighted by molar-refractivity contribution is -0.167. The van der Waals surface area contributed by atoms with Crippen molar-refractivity contribution in [2.24, 2.45) is 28.6 Å². The first-order chi connectivity index (χ1) is 17.5. The predicted molar refractivity (Wildman–Crippen MR) is 140 cm³/mol. The third-order valence-corrected chi connectivity index (χ3v) is 10.1. The van der Waals surface area contributed by atoms with Gasteiger partial charge in [-0.05, 0) is 81.8 Å². The molecule has 6 heteroatoms. The van der Waals surface area contributed by atoms with Crippen molar-refractivity contribution < 1.29 is 28.7 Å². The molecule has 0 spiro atoms. The number of hydrogen-bond acceptors (Lipinski definition) is 6. The van der Waals surface area contributed by atoms with E-state index in [1.807, 2.05) is 19.9 Å². The fourth-order valence-corrected chi connectivity index (χ4v) is 7.97. The van der Waals surface area contributed by atoms with Gasteiger partial charge in [-0.1, -0.05) is 38.8 Å². The highest BCUT2D eigenvalue weighted by molar-refractivity contribution is 6.02. The molecule has 0 aromatic carbocycles. The van der Waals surface area contributed by atoms with Gasteiger partial charge in [0.05, 0.1) is 0 Å². The molecule has 0 aromatic heterocycles. The molecule has 7 atom stereocenters. The number of ketones is 2. The molecule has 0 amide bonds. The number of carbonyl (C=O) groups excluding carboxylic acids is 4. The largest absolute Gasteiger partial charge is 0.459 e. The number of esters is 2. The molecule has 4 aliphatic carbocycles. The Hall–Kier alpha value is -2.24. The second kappa shape index (κ2) is 10.9. The van der Waals surface area contributed by atoms with Gasteiger partial charge in [0.1, 0.15) is 18.0 Å². The lowest BCUT2D eigenvalue weighted by Gasteiger charge is -2.57. The third-order valence-electron chi connectivity index (χ3n) is 10.1. The molecule has 0 N–H and O–H groups in total. The van der Waals surface area contributed by atoms with Crippen molar-refractivity contribution in [2.45, 2.75) is 117 Å². The van der Waals surface area contributed by atoms with Gasteiger partial charge in [0, 0.05) is 36.5 Å². The molecule has 4 aliphatic rings. The van der Waals surface area contributed by atoms with Crippen LogP contribution in [0.15, 0.2) is 23.3 Å². The van der Waals surface area contributed by atoms with E-state index in [-0.39, 0.29) is 28.6 Å². The van der Waals surface area contributed by atoms with Gasteiger partial charge >= 0.3 is 11.9 Å². The standard InChI is InChI=1S/C31H44O6/c1-6-8-28(34)36-19(3)26(37-29(35)9-7-2)18-21-17-22(32)16-20-10-11-23-24-12-13-27(33)30(24,4)15-14-25(23)31(20,21)5/h16-17,19,23-26H,6-15,18H2,1-5H3/t19-,23-,24-,25-,26+,30-,31+/m0/s1. The van der Waals surface area contributed by atoms with Crippen LogP contribution in [0.1, 0.15) is 105 Å². The zero-order valence-corrected chi connectivity index (χ0v) is 23.3. The van der Waals surface area contributed by atoms with Crippen LogP contribution in [0.25, 0.3) is 0 Å². The van der Waals surface area contributed by atoms with Gasteiger partial charge in [-0.25, -0.2) is 0 Å². The molecule has 3 fully saturated rings. The minimum atomic E-state index is -0.655. The number of fused-ring (bicyclic) bond motifs is 5. The lowest BCUT2D eigenvalue weighted by atomic mass is 9.46. The van der Waals surface area contributed by atoms with Crippen LogP contribution >= 0.6 is 0 Å². The van der Waals surface area contributed by atoms with Crippen LogP contribution in [0.5, 0.6) is 0 Å². The Balaban J connectivity index is 1.64. The van der Waals surface area contributed by atoms with Crippen molar-refractivity contribution in [3.8, 4) is 0 Å². The highest BCUT2D eigenvalue weighted by atomic mass is 16.6. The Bertz CT molecular complexity index is 1010. The minimum Gasteiger partial charge on any atom is -0.459 e. The second-order valence-corrected chi connectivity index (χ2v) is 12.2. The van der Waals surface area contributed by atoms with E-state index in [0.29, 0.717) is 62.1 Å². The van der Waals surface area contributed by atoms with Crippen molar-refractivity contribution in [3.63, 3.8) is 0 Å². The Morgan fingerprint density at radius 3 is 2.30 bits per heavy atom. The summed E-state index contributed by atoms with van der Waals surface area (Å²) in [5.74, 6) is 0.944. The van der Waals surface area contributed by atoms with E-state index in [0.717, 1.165) is 37.7 Å². The zero-order chi connectivity index (χ0) is 27.0. The van der Waals surface area contributed by atoms with E-state index in [4.69, 9.17) is 9.47 Å². The van der Waals surface area contributed by atoms with Gasteiger partial charge in [-0.15, -0.1) is 0 Å². The number of carbonyl (C=O) groups is 4. The molecule has 0 radical (unpaired) electrons. The third kappa shape index (κ3) is 5.09. The molecule has 0 aromatic rings. The summed E-state index contributed by atoms with van der Waals surface area (Å²) in [6, 6.07) is 0. The van der Waals surface area contributed by atoms with Gasteiger partial charge < -0.3 is 9.47 Å². The van der Waals surface area contributed by atoms with Crippen molar-refractivity contribution in [3.05, 3.63) is 23.3 Å². The molecule has 0 unspecified atom stereocenters. The van der Waals surface area contributed by atoms with Crippen LogP contribution in [0.2, 0.25) is 0 Å². The average Bonchev–Trinajstić information content (AvgIpc) is 3.14. The SMILES string of the molecule is CCCC(=O)O[C@@H](C)[C@@H](CC1=CC(=O)C=C2CC[C@@H]3[C@H](CC[C@]4(C)C(=O)CC[C@@H]34)[C@]21C)OC(=O)CCC. The maximum atomic E-state index is 12.9. The molecule has 37 heavy (non-hydrogen) atoms. The summed E-state index contributed by atoms with van der Waals surface area (Å²) in [4.78, 5) is 50.5. The molecule has 0 saturated heterocycles. The Morgan fingerprint density at radius 1 is 0.946 bits per heavy atom. The first-order valence-corrected chi connectivity index (χ1v) is 14.4. The summed E-state index contributed by atoms with van der Waals surface area (Å²) in [6.07, 6.45) is 9.96. The molecule has 4 rings (SSSR count). The summed E-state index contributed by atoms with van der Waals surface area (Å²) < 4.78 is 11.6. The molecule has 204 valence electrons. The van der Waals surface area contributed by atoms with Gasteiger partial charge in [-0.3, -0.25) is 19.2 Å². The monoisotopic (exact) mass is 512 g/mol. The van der Waals surface area contributed by atoms with Crippen molar-refractivity contribution in [2.75, 3.05) is 0 Å². The van der Waals surface area contributed by atoms with Crippen LogP contribution in [-0.4, -0.2) is 35.7 Å². The van der Waals surface area contributed by atoms with Crippen LogP contribution in [0.4, 0.5) is 0 Å². The van der Waals surface area contributed by atoms with Crippen LogP contribution in [0.3, 0.4) is 0 Å². The van der Waals surface area contributed by atoms with Crippen LogP contribution in [0, 0.1) is 28.6 Å². The maximum absolute atomic E-state index is 12.9. The van der Waals surface area contributed by atoms with E-state index < -0.39 is 12.2 Å². The second-order valence-electron chi connectivity index (χ2n) is 12.2. The molecule has 3 saturated carbocycles. The summed E-state index contributed by atoms with van der Waals surface area (Å²) in [5, 5.41) is 0. The first-order valence-electron chi connectivity index (χ1n) is 14.4. The summed E-state index contributed by atoms with van der Waals surface area (Å²) >= 11 is 0. The number of Topliss-reactive ketones (excluding diaryl/α,β-unsaturated/α-hetero) is 1. The fraction of sp³-hybridized carbons (Fsp3) is 0.742. The molecule has 0 bridgehead atoms. The topological polar surface area (TPSA) is 86.7 Å². The number of hydrogen-bond donors (Lipinski definition) is 0. The molecular formula is C31H44O6. The normalized spacial score (nSPS) is 34.4. The van der Waals surface area contributed by atoms with Crippen molar-refractivity contribution in [1.82, 2.24) is 0 Å². The Labute approximate surface area is 221 Å². The molecule has 0 heterocycles. The Morgan fingerprint density at radius 2 is 1.62 bits per heavy atom. The van der Waals surface area contributed by atoms with E-state index in [1.165, 1.54) is 5.57 Å². The van der Waals surface area contributed by atoms with Crippen LogP contribution < -0.4 is 0 Å². The summed E-state index contributed by atoms with van der Waals surface area (Å²) in [6.45, 7) is 10.1. The molecular weight excluding hydrogens is 468 g/mol. The van der Waals surface area contributed by atoms with E-state index >= 15 is 0 Å². The van der Waals surface area contributed by atoms with Gasteiger partial charge in [0.15, 0.2) is 5.78 Å². The fourth-order valence-electron chi connectivity index (χ4n) is 7.97. The lowest BCUT2D eigenvalue weighted by Crippen LogP contribution is -2.51. The zero-order valence-electron chi connectivity index (χ0n) is 23.3. The molecule has 6 nitrogen and oxygen atoms in total. The van der Waals surface area contributed by atoms with Crippen molar-refractivity contribution in [1.29, 1.82) is 0 Å². The van der Waals surface area contributed by atoms with Gasteiger partial charge in [-0.2, -0.15) is 0 Å². The molecule has 0 aliphatic heterocycles. The number of rotatable bonds is 9. The highest BCUT2D eigenvalue weighted by Gasteiger charge is 2.60. The first kappa shape index (κ1) is 27.8. The number of allylic oxidation sites excluding steroid dienone is 3. The quantitative estimate of drug-likeness (QED) is 0.349. The smallest absolute Gasteiger partial charge is 0.306 e. The van der Waals surface area contributed by atoms with Gasteiger partial charge in [0.2, 0.25) is 0 Å². The van der Waals surface area contributed by atoms with Crippen molar-refractivity contribution >= 4 is 23.5 Å². The Kier molecular flexibility index (Phi) is 8.16. The number of ether oxygens (including phenoxy) is 2. The van der Waals surface area contributed by atoms with E-state index in [1.54, 1.807) is 13.0 Å². The van der Waals surface area contributed by atoms with E-state index in [9.17, 15) is 19.2 Å². The maximum Gasteiger partial charge on any atom is 0.306 e. The van der Waals surface area contributed by atoms with Gasteiger partial charge in [0.25, 0.3) is 0 Å². The summed E-state index contributed by atoms with van der Waals surface area (Å²) in [5.41, 5.74) is 1.60. The highest BCUT2D eigenvalue weighted by Crippen LogP contribution is 2.65. The minimum absolute atomic E-state index is 0.0214. The summed E-state index contributed by atoms with van der Waals surface area (Å²) in [7, 11) is 0. The van der Waals surface area contributed by atoms with Crippen LogP contribution in [-0.2, 0) is 28.7 Å². The average molecular weight is 513 g/mol. The predicted octanol–water partition coefficient (Wildman–Crippen LogP) is 6.07.